The minimum absolute atomic E-state index is 0.296. The fraction of sp³-hybridized carbons (Fsp3) is 0.333. The second-order valence-corrected chi connectivity index (χ2v) is 7.57. The highest BCUT2D eigenvalue weighted by molar-refractivity contribution is 7.99. The maximum atomic E-state index is 13.0. The quantitative estimate of drug-likeness (QED) is 0.252. The van der Waals surface area contributed by atoms with E-state index in [0.29, 0.717) is 24.3 Å². The molecule has 0 saturated heterocycles. The Hall–Kier alpha value is -1.92. The van der Waals surface area contributed by atoms with Gasteiger partial charge in [0.2, 0.25) is 0 Å². The predicted molar refractivity (Wildman–Crippen MR) is 111 cm³/mol. The lowest BCUT2D eigenvalue weighted by Gasteiger charge is -2.27. The first-order valence-electron chi connectivity index (χ1n) is 8.73. The Morgan fingerprint density at radius 2 is 1.15 bits per heavy atom. The third-order valence-corrected chi connectivity index (χ3v) is 6.09. The number of benzene rings is 2. The van der Waals surface area contributed by atoms with Crippen molar-refractivity contribution in [3.8, 4) is 11.5 Å². The van der Waals surface area contributed by atoms with Gasteiger partial charge in [0, 0.05) is 9.79 Å². The highest BCUT2D eigenvalue weighted by atomic mass is 32.2. The van der Waals surface area contributed by atoms with Crippen molar-refractivity contribution in [3.63, 3.8) is 0 Å². The molecule has 144 valence electrons. The first kappa shape index (κ1) is 21.4. The van der Waals surface area contributed by atoms with Crippen molar-refractivity contribution in [1.82, 2.24) is 0 Å². The zero-order valence-corrected chi connectivity index (χ0v) is 17.6. The molecule has 2 aromatic rings. The third-order valence-electron chi connectivity index (χ3n) is 4.53. The van der Waals surface area contributed by atoms with Crippen LogP contribution < -0.4 is 9.47 Å². The summed E-state index contributed by atoms with van der Waals surface area (Å²) in [6, 6.07) is 14.6. The van der Waals surface area contributed by atoms with Gasteiger partial charge in [-0.1, -0.05) is 38.1 Å². The molecule has 0 aliphatic rings. The molecule has 6 heteroatoms. The summed E-state index contributed by atoms with van der Waals surface area (Å²) >= 11 is 2.97. The van der Waals surface area contributed by atoms with Gasteiger partial charge >= 0.3 is 11.9 Å². The van der Waals surface area contributed by atoms with Gasteiger partial charge in [0.25, 0.3) is 0 Å². The van der Waals surface area contributed by atoms with Gasteiger partial charge in [-0.15, -0.1) is 23.5 Å². The Labute approximate surface area is 169 Å². The molecule has 0 heterocycles. The summed E-state index contributed by atoms with van der Waals surface area (Å²) in [7, 11) is 0. The molecule has 0 aromatic heterocycles. The third kappa shape index (κ3) is 4.68. The number of carbonyl (C=O) groups is 2. The maximum absolute atomic E-state index is 13.0. The molecule has 0 bridgehead atoms. The Morgan fingerprint density at radius 1 is 0.778 bits per heavy atom. The Morgan fingerprint density at radius 3 is 1.48 bits per heavy atom. The number of ether oxygens (including phenoxy) is 2. The van der Waals surface area contributed by atoms with Crippen molar-refractivity contribution in [2.45, 2.75) is 36.5 Å². The maximum Gasteiger partial charge on any atom is 0.328 e. The van der Waals surface area contributed by atoms with E-state index in [4.69, 9.17) is 9.47 Å². The largest absolute Gasteiger partial charge is 0.424 e. The van der Waals surface area contributed by atoms with E-state index in [-0.39, 0.29) is 0 Å². The van der Waals surface area contributed by atoms with Gasteiger partial charge in [0.15, 0.2) is 5.41 Å². The van der Waals surface area contributed by atoms with E-state index < -0.39 is 17.4 Å². The van der Waals surface area contributed by atoms with Crippen LogP contribution >= 0.6 is 23.5 Å². The molecule has 0 fully saturated rings. The van der Waals surface area contributed by atoms with Crippen LogP contribution in [0.1, 0.15) is 26.7 Å². The van der Waals surface area contributed by atoms with Crippen LogP contribution in [-0.4, -0.2) is 24.5 Å². The Kier molecular flexibility index (Phi) is 7.80. The van der Waals surface area contributed by atoms with Crippen LogP contribution in [-0.2, 0) is 9.59 Å². The normalized spacial score (nSPS) is 11.1. The van der Waals surface area contributed by atoms with E-state index in [1.807, 2.05) is 36.8 Å². The molecule has 27 heavy (non-hydrogen) atoms. The van der Waals surface area contributed by atoms with Gasteiger partial charge in [-0.05, 0) is 49.6 Å². The standard InChI is InChI=1S/C21H24O4S2/c1-5-21(6-2,19(22)24-15-11-7-9-13-17(15)26-3)20(23)25-16-12-8-10-14-18(16)27-4/h7-14H,5-6H2,1-4H3. The number of hydrogen-bond donors (Lipinski definition) is 0. The Balaban J connectivity index is 2.29. The number of hydrogen-bond acceptors (Lipinski definition) is 6. The number of carbonyl (C=O) groups excluding carboxylic acids is 2. The fourth-order valence-electron chi connectivity index (χ4n) is 2.71. The highest BCUT2D eigenvalue weighted by Gasteiger charge is 2.46. The topological polar surface area (TPSA) is 52.6 Å². The van der Waals surface area contributed by atoms with Gasteiger partial charge in [-0.2, -0.15) is 0 Å². The van der Waals surface area contributed by atoms with Gasteiger partial charge in [-0.3, -0.25) is 9.59 Å². The lowest BCUT2D eigenvalue weighted by atomic mass is 9.82. The summed E-state index contributed by atoms with van der Waals surface area (Å²) in [5, 5.41) is 0. The monoisotopic (exact) mass is 404 g/mol. The summed E-state index contributed by atoms with van der Waals surface area (Å²) in [6.07, 6.45) is 4.41. The summed E-state index contributed by atoms with van der Waals surface area (Å²) in [6.45, 7) is 3.60. The van der Waals surface area contributed by atoms with Crippen molar-refractivity contribution in [2.24, 2.45) is 5.41 Å². The molecule has 0 aliphatic carbocycles. The molecular weight excluding hydrogens is 380 g/mol. The number of rotatable bonds is 8. The van der Waals surface area contributed by atoms with Crippen molar-refractivity contribution in [3.05, 3.63) is 48.5 Å². The van der Waals surface area contributed by atoms with Gasteiger partial charge in [0.1, 0.15) is 11.5 Å². The summed E-state index contributed by atoms with van der Waals surface area (Å²) in [4.78, 5) is 27.7. The molecule has 2 aromatic carbocycles. The van der Waals surface area contributed by atoms with Crippen LogP contribution in [0.2, 0.25) is 0 Å². The molecular formula is C21H24O4S2. The van der Waals surface area contributed by atoms with Crippen LogP contribution in [0.25, 0.3) is 0 Å². The number of esters is 2. The highest BCUT2D eigenvalue weighted by Crippen LogP contribution is 2.36. The van der Waals surface area contributed by atoms with E-state index in [2.05, 4.69) is 0 Å². The average molecular weight is 405 g/mol. The van der Waals surface area contributed by atoms with Crippen molar-refractivity contribution in [1.29, 1.82) is 0 Å². The first-order chi connectivity index (χ1) is 13.0. The summed E-state index contributed by atoms with van der Waals surface area (Å²) in [5.41, 5.74) is -1.35. The zero-order chi connectivity index (χ0) is 19.9. The molecule has 0 atom stereocenters. The SMILES string of the molecule is CCC(CC)(C(=O)Oc1ccccc1SC)C(=O)Oc1ccccc1SC. The van der Waals surface area contributed by atoms with Crippen LogP contribution in [0, 0.1) is 5.41 Å². The van der Waals surface area contributed by atoms with E-state index >= 15 is 0 Å². The van der Waals surface area contributed by atoms with Crippen LogP contribution in [0.3, 0.4) is 0 Å². The second kappa shape index (κ2) is 9.85. The molecule has 0 unspecified atom stereocenters. The van der Waals surface area contributed by atoms with Gasteiger partial charge in [0.05, 0.1) is 0 Å². The molecule has 4 nitrogen and oxygen atoms in total. The zero-order valence-electron chi connectivity index (χ0n) is 16.0. The van der Waals surface area contributed by atoms with Crippen LogP contribution in [0.5, 0.6) is 11.5 Å². The average Bonchev–Trinajstić information content (AvgIpc) is 2.70. The number of para-hydroxylation sites is 2. The van der Waals surface area contributed by atoms with Crippen LogP contribution in [0.15, 0.2) is 58.3 Å². The second-order valence-electron chi connectivity index (χ2n) is 5.87. The van der Waals surface area contributed by atoms with E-state index in [0.717, 1.165) is 9.79 Å². The fourth-order valence-corrected chi connectivity index (χ4v) is 3.76. The molecule has 2 rings (SSSR count). The van der Waals surface area contributed by atoms with Crippen molar-refractivity contribution in [2.75, 3.05) is 12.5 Å². The number of thioether (sulfide) groups is 2. The molecule has 0 spiro atoms. The van der Waals surface area contributed by atoms with Gasteiger partial charge < -0.3 is 9.47 Å². The minimum atomic E-state index is -1.35. The van der Waals surface area contributed by atoms with Crippen LogP contribution in [0.4, 0.5) is 0 Å². The lowest BCUT2D eigenvalue weighted by Crippen LogP contribution is -2.44. The van der Waals surface area contributed by atoms with Crippen molar-refractivity contribution < 1.29 is 19.1 Å². The predicted octanol–water partition coefficient (Wildman–Crippen LogP) is 5.45. The molecule has 0 N–H and O–H groups in total. The van der Waals surface area contributed by atoms with Gasteiger partial charge in [-0.25, -0.2) is 0 Å². The van der Waals surface area contributed by atoms with Crippen molar-refractivity contribution >= 4 is 35.5 Å². The minimum Gasteiger partial charge on any atom is -0.424 e. The smallest absolute Gasteiger partial charge is 0.328 e. The summed E-state index contributed by atoms with van der Waals surface area (Å²) < 4.78 is 11.3. The van der Waals surface area contributed by atoms with E-state index in [9.17, 15) is 9.59 Å². The lowest BCUT2D eigenvalue weighted by molar-refractivity contribution is -0.162. The van der Waals surface area contributed by atoms with E-state index in [1.54, 1.807) is 38.1 Å². The Bertz CT molecular complexity index is 737. The van der Waals surface area contributed by atoms with E-state index in [1.165, 1.54) is 23.5 Å². The summed E-state index contributed by atoms with van der Waals surface area (Å²) in [5.74, 6) is -0.251. The molecule has 0 amide bonds. The first-order valence-corrected chi connectivity index (χ1v) is 11.2. The molecule has 0 aliphatic heterocycles. The molecule has 0 radical (unpaired) electrons. The molecule has 0 saturated carbocycles.